The van der Waals surface area contributed by atoms with Crippen molar-refractivity contribution in [2.24, 2.45) is 11.5 Å². The summed E-state index contributed by atoms with van der Waals surface area (Å²) in [5.41, 5.74) is 13.7. The quantitative estimate of drug-likeness (QED) is 0.705. The molecule has 0 aromatic heterocycles. The Morgan fingerprint density at radius 3 is 2.61 bits per heavy atom. The van der Waals surface area contributed by atoms with Crippen LogP contribution in [0, 0.1) is 12.3 Å². The molecule has 2 fully saturated rings. The lowest BCUT2D eigenvalue weighted by Crippen LogP contribution is -2.65. The number of piperazine rings is 1. The van der Waals surface area contributed by atoms with Gasteiger partial charge in [0, 0.05) is 19.0 Å². The van der Waals surface area contributed by atoms with Crippen LogP contribution >= 0.6 is 0 Å². The molecule has 4 atom stereocenters. The first kappa shape index (κ1) is 20.6. The maximum Gasteiger partial charge on any atom is 0.422 e. The topological polar surface area (TPSA) is 99.4 Å². The van der Waals surface area contributed by atoms with E-state index in [4.69, 9.17) is 16.9 Å². The molecular weight excluding hydrogens is 371 g/mol. The number of carbonyl (C=O) groups is 1. The van der Waals surface area contributed by atoms with Gasteiger partial charge in [-0.2, -0.15) is 13.2 Å². The fraction of sp³-hybridized carbons (Fsp3) is 0.579. The monoisotopic (exact) mass is 397 g/mol. The van der Waals surface area contributed by atoms with Crippen LogP contribution in [0.25, 0.3) is 0 Å². The summed E-state index contributed by atoms with van der Waals surface area (Å²) < 4.78 is 39.0. The Hall–Kier alpha value is -2.13. The molecule has 154 valence electrons. The SMILES string of the molecule is Cc1ccccc1CC(N)CC(=O)N1C2CCC1C(=N)N(C(N)C(F)(F)F)C2. The number of nitrogens with zero attached hydrogens (tertiary/aromatic N) is 2. The fourth-order valence-electron chi connectivity index (χ4n) is 4.19. The van der Waals surface area contributed by atoms with Gasteiger partial charge in [-0.3, -0.25) is 10.2 Å². The van der Waals surface area contributed by atoms with Crippen molar-refractivity contribution in [3.8, 4) is 0 Å². The molecule has 9 heteroatoms. The third-order valence-electron chi connectivity index (χ3n) is 5.67. The number of fused-ring (bicyclic) bond motifs is 2. The van der Waals surface area contributed by atoms with Crippen LogP contribution in [-0.2, 0) is 11.2 Å². The van der Waals surface area contributed by atoms with Crippen molar-refractivity contribution in [3.05, 3.63) is 35.4 Å². The second-order valence-electron chi connectivity index (χ2n) is 7.67. The standard InChI is InChI=1S/C19H26F3N5O/c1-11-4-2-3-5-12(11)8-13(23)9-16(28)27-14-6-7-15(27)17(24)26(10-14)18(25)19(20,21)22/h2-5,13-15,18,24H,6-10,23,25H2,1H3. The van der Waals surface area contributed by atoms with E-state index < -0.39 is 24.4 Å². The first-order valence-corrected chi connectivity index (χ1v) is 9.38. The summed E-state index contributed by atoms with van der Waals surface area (Å²) in [5, 5.41) is 8.17. The van der Waals surface area contributed by atoms with Crippen LogP contribution in [0.5, 0.6) is 0 Å². The first-order chi connectivity index (χ1) is 13.1. The first-order valence-electron chi connectivity index (χ1n) is 9.38. The maximum absolute atomic E-state index is 13.0. The Morgan fingerprint density at radius 2 is 1.96 bits per heavy atom. The van der Waals surface area contributed by atoms with E-state index in [9.17, 15) is 18.0 Å². The molecule has 1 aromatic carbocycles. The van der Waals surface area contributed by atoms with Gasteiger partial charge in [0.05, 0.1) is 12.1 Å². The van der Waals surface area contributed by atoms with Crippen LogP contribution in [0.4, 0.5) is 13.2 Å². The van der Waals surface area contributed by atoms with Crippen molar-refractivity contribution >= 4 is 11.7 Å². The Morgan fingerprint density at radius 1 is 1.29 bits per heavy atom. The zero-order valence-electron chi connectivity index (χ0n) is 15.7. The van der Waals surface area contributed by atoms with E-state index in [0.717, 1.165) is 16.0 Å². The number of nitrogens with two attached hydrogens (primary N) is 2. The summed E-state index contributed by atoms with van der Waals surface area (Å²) >= 11 is 0. The highest BCUT2D eigenvalue weighted by molar-refractivity contribution is 5.92. The minimum atomic E-state index is -4.62. The summed E-state index contributed by atoms with van der Waals surface area (Å²) in [5.74, 6) is -0.446. The summed E-state index contributed by atoms with van der Waals surface area (Å²) in [7, 11) is 0. The normalized spacial score (nSPS) is 24.4. The third kappa shape index (κ3) is 4.00. The minimum Gasteiger partial charge on any atom is -0.333 e. The number of hydrogen-bond acceptors (Lipinski definition) is 4. The largest absolute Gasteiger partial charge is 0.422 e. The highest BCUT2D eigenvalue weighted by Gasteiger charge is 2.51. The van der Waals surface area contributed by atoms with Crippen molar-refractivity contribution < 1.29 is 18.0 Å². The van der Waals surface area contributed by atoms with Crippen LogP contribution in [0.3, 0.4) is 0 Å². The average molecular weight is 397 g/mol. The lowest BCUT2D eigenvalue weighted by molar-refractivity contribution is -0.176. The number of amidine groups is 1. The van der Waals surface area contributed by atoms with Crippen molar-refractivity contribution in [3.63, 3.8) is 0 Å². The number of benzene rings is 1. The summed E-state index contributed by atoms with van der Waals surface area (Å²) in [6, 6.07) is 6.38. The summed E-state index contributed by atoms with van der Waals surface area (Å²) in [6.45, 7) is 1.91. The van der Waals surface area contributed by atoms with Gasteiger partial charge in [-0.1, -0.05) is 24.3 Å². The predicted octanol–water partition coefficient (Wildman–Crippen LogP) is 1.75. The van der Waals surface area contributed by atoms with Gasteiger partial charge in [0.15, 0.2) is 6.17 Å². The molecule has 3 rings (SSSR count). The summed E-state index contributed by atoms with van der Waals surface area (Å²) in [6.07, 6.45) is -5.16. The molecule has 2 aliphatic rings. The van der Waals surface area contributed by atoms with Crippen LogP contribution in [-0.4, -0.2) is 58.6 Å². The number of aryl methyl sites for hydroxylation is 1. The van der Waals surface area contributed by atoms with Gasteiger partial charge in [0.2, 0.25) is 5.91 Å². The molecule has 6 nitrogen and oxygen atoms in total. The molecule has 2 bridgehead atoms. The van der Waals surface area contributed by atoms with Gasteiger partial charge < -0.3 is 21.3 Å². The number of amides is 1. The third-order valence-corrected chi connectivity index (χ3v) is 5.67. The summed E-state index contributed by atoms with van der Waals surface area (Å²) in [4.78, 5) is 15.3. The van der Waals surface area contributed by atoms with Gasteiger partial charge in [-0.15, -0.1) is 0 Å². The van der Waals surface area contributed by atoms with Crippen LogP contribution in [0.1, 0.15) is 30.4 Å². The fourth-order valence-corrected chi connectivity index (χ4v) is 4.19. The molecule has 0 radical (unpaired) electrons. The van der Waals surface area contributed by atoms with Crippen molar-refractivity contribution in [1.82, 2.24) is 9.80 Å². The predicted molar refractivity (Wildman–Crippen MR) is 99.6 cm³/mol. The van der Waals surface area contributed by atoms with E-state index in [1.165, 1.54) is 0 Å². The molecule has 2 heterocycles. The van der Waals surface area contributed by atoms with Crippen LogP contribution in [0.2, 0.25) is 0 Å². The Kier molecular flexibility index (Phi) is 5.67. The smallest absolute Gasteiger partial charge is 0.333 e. The molecular formula is C19H26F3N5O. The molecule has 0 saturated carbocycles. The molecule has 4 unspecified atom stereocenters. The number of likely N-dealkylation sites (tertiary alicyclic amines) is 1. The zero-order chi connectivity index (χ0) is 20.6. The van der Waals surface area contributed by atoms with Crippen molar-refractivity contribution in [1.29, 1.82) is 5.41 Å². The number of halogens is 3. The van der Waals surface area contributed by atoms with Gasteiger partial charge >= 0.3 is 6.18 Å². The highest BCUT2D eigenvalue weighted by atomic mass is 19.4. The molecule has 1 amide bonds. The van der Waals surface area contributed by atoms with Gasteiger partial charge in [0.25, 0.3) is 0 Å². The maximum atomic E-state index is 13.0. The van der Waals surface area contributed by atoms with E-state index in [1.54, 1.807) is 4.90 Å². The van der Waals surface area contributed by atoms with Gasteiger partial charge in [-0.05, 0) is 37.3 Å². The number of alkyl halides is 3. The molecule has 5 N–H and O–H groups in total. The Bertz CT molecular complexity index is 753. The molecule has 0 spiro atoms. The minimum absolute atomic E-state index is 0.0746. The van der Waals surface area contributed by atoms with Crippen LogP contribution < -0.4 is 11.5 Å². The lowest BCUT2D eigenvalue weighted by Gasteiger charge is -2.45. The second-order valence-corrected chi connectivity index (χ2v) is 7.67. The molecule has 0 aliphatic carbocycles. The van der Waals surface area contributed by atoms with E-state index >= 15 is 0 Å². The number of carbonyl (C=O) groups excluding carboxylic acids is 1. The Labute approximate surface area is 162 Å². The lowest BCUT2D eigenvalue weighted by atomic mass is 9.99. The highest BCUT2D eigenvalue weighted by Crippen LogP contribution is 2.35. The molecule has 2 aliphatic heterocycles. The Balaban J connectivity index is 1.66. The number of nitrogens with one attached hydrogen (secondary N) is 1. The van der Waals surface area contributed by atoms with Gasteiger partial charge in [-0.25, -0.2) is 0 Å². The van der Waals surface area contributed by atoms with E-state index in [1.807, 2.05) is 31.2 Å². The average Bonchev–Trinajstić information content (AvgIpc) is 2.96. The molecule has 1 aromatic rings. The van der Waals surface area contributed by atoms with E-state index in [-0.39, 0.29) is 30.8 Å². The van der Waals surface area contributed by atoms with Crippen molar-refractivity contribution in [2.75, 3.05) is 6.54 Å². The number of hydrogen-bond donors (Lipinski definition) is 3. The van der Waals surface area contributed by atoms with Crippen LogP contribution in [0.15, 0.2) is 24.3 Å². The number of rotatable bonds is 5. The second kappa shape index (κ2) is 7.71. The molecule has 28 heavy (non-hydrogen) atoms. The zero-order valence-corrected chi connectivity index (χ0v) is 15.7. The van der Waals surface area contributed by atoms with Crippen molar-refractivity contribution in [2.45, 2.75) is 63.1 Å². The van der Waals surface area contributed by atoms with E-state index in [0.29, 0.717) is 19.3 Å². The van der Waals surface area contributed by atoms with E-state index in [2.05, 4.69) is 0 Å². The molecule has 2 saturated heterocycles. The van der Waals surface area contributed by atoms with Gasteiger partial charge in [0.1, 0.15) is 5.84 Å².